The van der Waals surface area contributed by atoms with E-state index in [1.54, 1.807) is 18.2 Å². The number of hydrogen-bond donors (Lipinski definition) is 1. The van der Waals surface area contributed by atoms with Gasteiger partial charge in [-0.2, -0.15) is 4.31 Å². The number of imide groups is 1. The van der Waals surface area contributed by atoms with Crippen LogP contribution < -0.4 is 9.80 Å². The lowest BCUT2D eigenvalue weighted by molar-refractivity contribution is -0.918. The van der Waals surface area contributed by atoms with E-state index in [0.29, 0.717) is 36.9 Å². The van der Waals surface area contributed by atoms with Crippen LogP contribution in [0, 0.1) is 6.92 Å². The van der Waals surface area contributed by atoms with Gasteiger partial charge in [-0.3, -0.25) is 9.59 Å². The lowest BCUT2D eigenvalue weighted by atomic mass is 10.1. The number of halogens is 1. The Bertz CT molecular complexity index is 1080. The van der Waals surface area contributed by atoms with Crippen LogP contribution in [0.5, 0.6) is 0 Å². The maximum absolute atomic E-state index is 13.0. The Morgan fingerprint density at radius 3 is 2.27 bits per heavy atom. The smallest absolute Gasteiger partial charge is 0.292 e. The van der Waals surface area contributed by atoms with Crippen LogP contribution in [-0.4, -0.2) is 56.8 Å². The van der Waals surface area contributed by atoms with Gasteiger partial charge in [-0.05, 0) is 42.8 Å². The van der Waals surface area contributed by atoms with Crippen molar-refractivity contribution in [1.29, 1.82) is 0 Å². The number of piperazine rings is 1. The SMILES string of the molecule is Cc1ccccc1N1C(=O)C[C@H]([NH+]2CCN(S(=O)(=O)c3ccc(Cl)cc3)CC2)C1=O. The van der Waals surface area contributed by atoms with Gasteiger partial charge in [-0.1, -0.05) is 29.8 Å². The molecule has 0 unspecified atom stereocenters. The topological polar surface area (TPSA) is 79.2 Å². The highest BCUT2D eigenvalue weighted by Gasteiger charge is 2.47. The quantitative estimate of drug-likeness (QED) is 0.704. The molecule has 2 saturated heterocycles. The molecule has 0 bridgehead atoms. The molecule has 158 valence electrons. The van der Waals surface area contributed by atoms with Crippen LogP contribution in [0.15, 0.2) is 53.4 Å². The number of hydrogen-bond acceptors (Lipinski definition) is 4. The average Bonchev–Trinajstić information content (AvgIpc) is 3.03. The monoisotopic (exact) mass is 448 g/mol. The van der Waals surface area contributed by atoms with E-state index in [1.165, 1.54) is 21.3 Å². The molecule has 0 spiro atoms. The normalized spacial score (nSPS) is 21.4. The number of rotatable bonds is 4. The molecule has 1 N–H and O–H groups in total. The molecule has 2 aromatic rings. The molecule has 30 heavy (non-hydrogen) atoms. The number of nitrogens with one attached hydrogen (secondary N) is 1. The van der Waals surface area contributed by atoms with Crippen molar-refractivity contribution in [3.05, 3.63) is 59.1 Å². The molecule has 2 amide bonds. The van der Waals surface area contributed by atoms with Crippen molar-refractivity contribution in [2.45, 2.75) is 24.3 Å². The molecule has 0 aromatic heterocycles. The second-order valence-corrected chi connectivity index (χ2v) is 10.0. The maximum Gasteiger partial charge on any atom is 0.292 e. The zero-order valence-electron chi connectivity index (χ0n) is 16.5. The standard InChI is InChI=1S/C21H22ClN3O4S/c1-15-4-2-3-5-18(15)25-20(26)14-19(21(25)27)23-10-12-24(13-11-23)30(28,29)17-8-6-16(22)7-9-17/h2-9,19H,10-14H2,1H3/p+1/t19-/m0/s1. The molecule has 0 aliphatic carbocycles. The summed E-state index contributed by atoms with van der Waals surface area (Å²) in [4.78, 5) is 28.1. The summed E-state index contributed by atoms with van der Waals surface area (Å²) >= 11 is 5.86. The van der Waals surface area contributed by atoms with E-state index >= 15 is 0 Å². The van der Waals surface area contributed by atoms with Gasteiger partial charge in [0.2, 0.25) is 15.9 Å². The lowest BCUT2D eigenvalue weighted by Crippen LogP contribution is -3.19. The number of para-hydroxylation sites is 1. The highest BCUT2D eigenvalue weighted by Crippen LogP contribution is 2.25. The number of aryl methyl sites for hydroxylation is 1. The first-order valence-electron chi connectivity index (χ1n) is 9.82. The van der Waals surface area contributed by atoms with E-state index in [9.17, 15) is 18.0 Å². The van der Waals surface area contributed by atoms with Crippen LogP contribution in [0.4, 0.5) is 5.69 Å². The molecule has 2 aromatic carbocycles. The Kier molecular flexibility index (Phi) is 5.67. The summed E-state index contributed by atoms with van der Waals surface area (Å²) in [5, 5.41) is 0.478. The van der Waals surface area contributed by atoms with Gasteiger partial charge in [0.1, 0.15) is 0 Å². The molecule has 2 aliphatic heterocycles. The molecule has 2 heterocycles. The number of benzene rings is 2. The third kappa shape index (κ3) is 3.76. The van der Waals surface area contributed by atoms with E-state index in [0.717, 1.165) is 10.5 Å². The van der Waals surface area contributed by atoms with Gasteiger partial charge in [-0.15, -0.1) is 0 Å². The molecule has 0 saturated carbocycles. The van der Waals surface area contributed by atoms with E-state index in [2.05, 4.69) is 0 Å². The first-order chi connectivity index (χ1) is 14.3. The van der Waals surface area contributed by atoms with Crippen molar-refractivity contribution in [2.75, 3.05) is 31.1 Å². The second-order valence-electron chi connectivity index (χ2n) is 7.63. The Morgan fingerprint density at radius 1 is 1.00 bits per heavy atom. The molecule has 7 nitrogen and oxygen atoms in total. The Morgan fingerprint density at radius 2 is 1.63 bits per heavy atom. The van der Waals surface area contributed by atoms with Crippen LogP contribution in [-0.2, 0) is 19.6 Å². The fraction of sp³-hybridized carbons (Fsp3) is 0.333. The number of carbonyl (C=O) groups excluding carboxylic acids is 2. The summed E-state index contributed by atoms with van der Waals surface area (Å²) < 4.78 is 27.2. The van der Waals surface area contributed by atoms with E-state index in [4.69, 9.17) is 11.6 Å². The predicted molar refractivity (Wildman–Crippen MR) is 113 cm³/mol. The minimum Gasteiger partial charge on any atom is -0.322 e. The van der Waals surface area contributed by atoms with Gasteiger partial charge < -0.3 is 4.90 Å². The molecule has 9 heteroatoms. The van der Waals surface area contributed by atoms with E-state index in [-0.39, 0.29) is 23.1 Å². The number of amides is 2. The number of anilines is 1. The Hall–Kier alpha value is -2.26. The molecular formula is C21H23ClN3O4S+. The van der Waals surface area contributed by atoms with Gasteiger partial charge >= 0.3 is 0 Å². The van der Waals surface area contributed by atoms with E-state index in [1.807, 2.05) is 25.1 Å². The van der Waals surface area contributed by atoms with Crippen LogP contribution in [0.2, 0.25) is 5.02 Å². The highest BCUT2D eigenvalue weighted by atomic mass is 35.5. The number of nitrogens with zero attached hydrogens (tertiary/aromatic N) is 2. The highest BCUT2D eigenvalue weighted by molar-refractivity contribution is 7.89. The van der Waals surface area contributed by atoms with Gasteiger partial charge in [0.05, 0.1) is 43.2 Å². The first kappa shape index (κ1) is 21.0. The van der Waals surface area contributed by atoms with Crippen LogP contribution in [0.1, 0.15) is 12.0 Å². The lowest BCUT2D eigenvalue weighted by Gasteiger charge is -2.33. The zero-order valence-corrected chi connectivity index (χ0v) is 18.1. The van der Waals surface area contributed by atoms with Crippen molar-refractivity contribution in [3.63, 3.8) is 0 Å². The van der Waals surface area contributed by atoms with Crippen molar-refractivity contribution in [3.8, 4) is 0 Å². The summed E-state index contributed by atoms with van der Waals surface area (Å²) in [6, 6.07) is 13.0. The fourth-order valence-electron chi connectivity index (χ4n) is 4.14. The molecule has 1 atom stereocenters. The molecule has 2 fully saturated rings. The number of sulfonamides is 1. The second kappa shape index (κ2) is 8.11. The van der Waals surface area contributed by atoms with Gasteiger partial charge in [-0.25, -0.2) is 13.3 Å². The minimum absolute atomic E-state index is 0.145. The molecule has 2 aliphatic rings. The first-order valence-corrected chi connectivity index (χ1v) is 11.6. The largest absolute Gasteiger partial charge is 0.322 e. The summed E-state index contributed by atoms with van der Waals surface area (Å²) in [5.41, 5.74) is 1.49. The summed E-state index contributed by atoms with van der Waals surface area (Å²) in [6.45, 7) is 3.40. The van der Waals surface area contributed by atoms with E-state index < -0.39 is 16.1 Å². The van der Waals surface area contributed by atoms with Crippen LogP contribution in [0.3, 0.4) is 0 Å². The van der Waals surface area contributed by atoms with Crippen molar-refractivity contribution < 1.29 is 22.9 Å². The van der Waals surface area contributed by atoms with Crippen molar-refractivity contribution >= 4 is 39.1 Å². The van der Waals surface area contributed by atoms with Crippen LogP contribution >= 0.6 is 11.6 Å². The summed E-state index contributed by atoms with van der Waals surface area (Å²) in [6.07, 6.45) is 0.145. The third-order valence-corrected chi connectivity index (χ3v) is 7.98. The Balaban J connectivity index is 1.46. The zero-order chi connectivity index (χ0) is 21.5. The van der Waals surface area contributed by atoms with Crippen molar-refractivity contribution in [1.82, 2.24) is 4.31 Å². The van der Waals surface area contributed by atoms with Crippen molar-refractivity contribution in [2.24, 2.45) is 0 Å². The fourth-order valence-corrected chi connectivity index (χ4v) is 5.70. The maximum atomic E-state index is 13.0. The Labute approximate surface area is 180 Å². The molecule has 4 rings (SSSR count). The van der Waals surface area contributed by atoms with Crippen LogP contribution in [0.25, 0.3) is 0 Å². The summed E-state index contributed by atoms with van der Waals surface area (Å²) in [5.74, 6) is -0.415. The van der Waals surface area contributed by atoms with Gasteiger partial charge in [0, 0.05) is 5.02 Å². The summed E-state index contributed by atoms with van der Waals surface area (Å²) in [7, 11) is -3.61. The number of quaternary nitrogens is 1. The van der Waals surface area contributed by atoms with Gasteiger partial charge in [0.15, 0.2) is 6.04 Å². The molecular weight excluding hydrogens is 426 g/mol. The van der Waals surface area contributed by atoms with Gasteiger partial charge in [0.25, 0.3) is 5.91 Å². The number of carbonyl (C=O) groups is 2. The predicted octanol–water partition coefficient (Wildman–Crippen LogP) is 0.870. The minimum atomic E-state index is -3.61. The molecule has 0 radical (unpaired) electrons. The average molecular weight is 449 g/mol. The third-order valence-electron chi connectivity index (χ3n) is 5.81.